The third-order valence-electron chi connectivity index (χ3n) is 8.81. The Morgan fingerprint density at radius 2 is 1.93 bits per heavy atom. The summed E-state index contributed by atoms with van der Waals surface area (Å²) in [5, 5.41) is 10.6. The minimum absolute atomic E-state index is 0.0192. The van der Waals surface area contributed by atoms with Crippen LogP contribution in [-0.4, -0.2) is 50.7 Å². The second-order valence-electron chi connectivity index (χ2n) is 10.1. The third-order valence-corrected chi connectivity index (χ3v) is 9.89. The molecule has 3 aliphatic rings. The Balaban J connectivity index is 1.98. The standard InChI is InChI=1S/C22H33BNO4S/c1-14-16(25)8-7-15-13-17-21(4)10-9-18(28-29(26,27)23-5)20(2,3)22(21,19(14)15)11-12-24(17)6/h7-8,17-18,25H,9-13H2,1-6H3/t17-,18?,21?,22+/m1/s1. The first-order valence-electron chi connectivity index (χ1n) is 10.7. The average Bonchev–Trinajstić information content (AvgIpc) is 2.64. The Labute approximate surface area is 176 Å². The van der Waals surface area contributed by atoms with Crippen molar-refractivity contribution in [3.63, 3.8) is 0 Å². The minimum atomic E-state index is -3.67. The van der Waals surface area contributed by atoms with E-state index in [1.54, 1.807) is 0 Å². The Kier molecular flexibility index (Phi) is 4.73. The largest absolute Gasteiger partial charge is 0.508 e. The van der Waals surface area contributed by atoms with Crippen LogP contribution in [0.1, 0.15) is 56.7 Å². The van der Waals surface area contributed by atoms with Gasteiger partial charge in [0, 0.05) is 16.9 Å². The van der Waals surface area contributed by atoms with Crippen LogP contribution in [0.4, 0.5) is 0 Å². The van der Waals surface area contributed by atoms with E-state index < -0.39 is 21.5 Å². The van der Waals surface area contributed by atoms with Crippen LogP contribution in [-0.2, 0) is 26.0 Å². The number of fused-ring (bicyclic) bond motifs is 1. The molecule has 1 heterocycles. The van der Waals surface area contributed by atoms with E-state index in [1.165, 1.54) is 17.9 Å². The van der Waals surface area contributed by atoms with Gasteiger partial charge >= 0.3 is 6.56 Å². The molecule has 1 aromatic rings. The molecular weight excluding hydrogens is 385 g/mol. The van der Waals surface area contributed by atoms with Crippen LogP contribution in [0.15, 0.2) is 12.1 Å². The number of benzene rings is 1. The normalized spacial score (nSPS) is 36.2. The van der Waals surface area contributed by atoms with Gasteiger partial charge in [-0.15, -0.1) is 0 Å². The maximum absolute atomic E-state index is 12.4. The number of hydrogen-bond donors (Lipinski definition) is 1. The van der Waals surface area contributed by atoms with Crippen molar-refractivity contribution in [2.75, 3.05) is 13.6 Å². The van der Waals surface area contributed by atoms with Crippen LogP contribution in [0.3, 0.4) is 0 Å². The quantitative estimate of drug-likeness (QED) is 0.763. The maximum Gasteiger partial charge on any atom is 0.314 e. The maximum atomic E-state index is 12.4. The molecule has 4 atom stereocenters. The van der Waals surface area contributed by atoms with Gasteiger partial charge in [-0.1, -0.05) is 33.7 Å². The number of hydrogen-bond acceptors (Lipinski definition) is 5. The first-order valence-corrected chi connectivity index (χ1v) is 12.1. The molecule has 2 aliphatic carbocycles. The summed E-state index contributed by atoms with van der Waals surface area (Å²) in [6.45, 7) is 12.4. The molecule has 0 amide bonds. The van der Waals surface area contributed by atoms with Crippen molar-refractivity contribution in [2.24, 2.45) is 10.8 Å². The second kappa shape index (κ2) is 6.48. The van der Waals surface area contributed by atoms with Crippen LogP contribution < -0.4 is 0 Å². The summed E-state index contributed by atoms with van der Waals surface area (Å²) < 4.78 is 30.5. The van der Waals surface area contributed by atoms with Crippen molar-refractivity contribution in [3.05, 3.63) is 28.8 Å². The van der Waals surface area contributed by atoms with Gasteiger partial charge in [-0.2, -0.15) is 0 Å². The molecule has 1 aliphatic heterocycles. The molecule has 29 heavy (non-hydrogen) atoms. The number of likely N-dealkylation sites (N-methyl/N-ethyl adjacent to an activating group) is 1. The molecule has 0 aromatic heterocycles. The predicted octanol–water partition coefficient (Wildman–Crippen LogP) is 3.41. The zero-order chi connectivity index (χ0) is 21.4. The average molecular weight is 418 g/mol. The molecule has 159 valence electrons. The first kappa shape index (κ1) is 21.2. The molecule has 2 fully saturated rings. The number of aromatic hydroxyl groups is 1. The molecule has 1 N–H and O–H groups in total. The summed E-state index contributed by atoms with van der Waals surface area (Å²) >= 11 is 0. The van der Waals surface area contributed by atoms with E-state index in [4.69, 9.17) is 4.18 Å². The Hall–Kier alpha value is -1.05. The van der Waals surface area contributed by atoms with Gasteiger partial charge in [0.15, 0.2) is 0 Å². The molecule has 1 aromatic carbocycles. The van der Waals surface area contributed by atoms with Crippen LogP contribution in [0.2, 0.25) is 6.82 Å². The van der Waals surface area contributed by atoms with Crippen molar-refractivity contribution in [3.8, 4) is 5.75 Å². The lowest BCUT2D eigenvalue weighted by Gasteiger charge is -2.71. The molecule has 1 saturated heterocycles. The number of rotatable bonds is 3. The van der Waals surface area contributed by atoms with Gasteiger partial charge in [-0.05, 0) is 74.4 Å². The van der Waals surface area contributed by atoms with Gasteiger partial charge in [0.25, 0.3) is 0 Å². The molecular formula is C22H33BNO4S. The molecule has 0 spiro atoms. The van der Waals surface area contributed by atoms with Crippen LogP contribution in [0, 0.1) is 17.8 Å². The number of phenols is 1. The second-order valence-corrected chi connectivity index (χ2v) is 11.7. The number of piperidine rings is 1. The lowest BCUT2D eigenvalue weighted by Crippen LogP contribution is -2.73. The predicted molar refractivity (Wildman–Crippen MR) is 116 cm³/mol. The number of nitrogens with zero attached hydrogens (tertiary/aromatic N) is 1. The fourth-order valence-electron chi connectivity index (χ4n) is 7.29. The zero-order valence-corrected chi connectivity index (χ0v) is 19.3. The summed E-state index contributed by atoms with van der Waals surface area (Å²) in [6.07, 6.45) is 3.12. The summed E-state index contributed by atoms with van der Waals surface area (Å²) in [5.74, 6) is 0.325. The van der Waals surface area contributed by atoms with Gasteiger partial charge in [0.05, 0.1) is 6.10 Å². The van der Waals surface area contributed by atoms with E-state index in [0.717, 1.165) is 44.3 Å². The van der Waals surface area contributed by atoms with E-state index >= 15 is 0 Å². The minimum Gasteiger partial charge on any atom is -0.508 e. The van der Waals surface area contributed by atoms with E-state index in [-0.39, 0.29) is 10.8 Å². The van der Waals surface area contributed by atoms with Crippen LogP contribution in [0.25, 0.3) is 0 Å². The summed E-state index contributed by atoms with van der Waals surface area (Å²) in [4.78, 5) is 2.48. The third kappa shape index (κ3) is 2.63. The molecule has 2 bridgehead atoms. The summed E-state index contributed by atoms with van der Waals surface area (Å²) in [5.41, 5.74) is 2.77. The highest BCUT2D eigenvalue weighted by Gasteiger charge is 2.70. The fourth-order valence-corrected chi connectivity index (χ4v) is 8.06. The van der Waals surface area contributed by atoms with E-state index in [0.29, 0.717) is 11.8 Å². The molecule has 7 heteroatoms. The van der Waals surface area contributed by atoms with Gasteiger partial charge in [0.1, 0.15) is 5.75 Å². The lowest BCUT2D eigenvalue weighted by atomic mass is 9.36. The van der Waals surface area contributed by atoms with Crippen molar-refractivity contribution >= 4 is 16.5 Å². The first-order chi connectivity index (χ1) is 13.4. The summed E-state index contributed by atoms with van der Waals surface area (Å²) in [6, 6.07) is 4.27. The highest BCUT2D eigenvalue weighted by molar-refractivity contribution is 8.11. The molecule has 2 unspecified atom stereocenters. The van der Waals surface area contributed by atoms with Gasteiger partial charge in [-0.3, -0.25) is 4.18 Å². The van der Waals surface area contributed by atoms with Crippen LogP contribution in [0.5, 0.6) is 5.75 Å². The van der Waals surface area contributed by atoms with E-state index in [2.05, 4.69) is 38.8 Å². The van der Waals surface area contributed by atoms with Crippen LogP contribution >= 0.6 is 0 Å². The molecule has 4 rings (SSSR count). The summed E-state index contributed by atoms with van der Waals surface area (Å²) in [7, 11) is -1.46. The van der Waals surface area contributed by atoms with Crippen molar-refractivity contribution in [1.82, 2.24) is 4.90 Å². The highest BCUT2D eigenvalue weighted by atomic mass is 32.2. The zero-order valence-electron chi connectivity index (χ0n) is 18.4. The van der Waals surface area contributed by atoms with Crippen molar-refractivity contribution in [2.45, 2.75) is 77.8 Å². The number of likely N-dealkylation sites (tertiary alicyclic amines) is 1. The lowest BCUT2D eigenvalue weighted by molar-refractivity contribution is -0.171. The fraction of sp³-hybridized carbons (Fsp3) is 0.727. The smallest absolute Gasteiger partial charge is 0.314 e. The Morgan fingerprint density at radius 1 is 1.24 bits per heavy atom. The Morgan fingerprint density at radius 3 is 2.59 bits per heavy atom. The number of phenolic OH excluding ortho intramolecular Hbond substituents is 1. The molecule has 5 nitrogen and oxygen atoms in total. The Bertz CT molecular complexity index is 946. The van der Waals surface area contributed by atoms with Gasteiger partial charge < -0.3 is 10.0 Å². The van der Waals surface area contributed by atoms with Crippen molar-refractivity contribution in [1.29, 1.82) is 0 Å². The van der Waals surface area contributed by atoms with Crippen molar-refractivity contribution < 1.29 is 17.7 Å². The SMILES string of the molecule is C[B]S(=O)(=O)OC1CCC2(C)[C@H]3Cc4ccc(O)c(C)c4[C@@]2(CCN3C)C1(C)C. The monoisotopic (exact) mass is 418 g/mol. The van der Waals surface area contributed by atoms with Gasteiger partial charge in [-0.25, -0.2) is 8.42 Å². The van der Waals surface area contributed by atoms with Gasteiger partial charge in [0.2, 0.25) is 9.97 Å². The molecule has 1 saturated carbocycles. The topological polar surface area (TPSA) is 66.8 Å². The highest BCUT2D eigenvalue weighted by Crippen LogP contribution is 2.70. The molecule has 1 radical (unpaired) electrons. The van der Waals surface area contributed by atoms with E-state index in [1.807, 2.05) is 13.0 Å². The van der Waals surface area contributed by atoms with E-state index in [9.17, 15) is 13.5 Å².